The van der Waals surface area contributed by atoms with Gasteiger partial charge in [0.2, 0.25) is 0 Å². The van der Waals surface area contributed by atoms with Crippen molar-refractivity contribution in [2.45, 2.75) is 70.9 Å². The van der Waals surface area contributed by atoms with Crippen molar-refractivity contribution in [3.63, 3.8) is 0 Å². The van der Waals surface area contributed by atoms with E-state index in [1.807, 2.05) is 6.92 Å². The fourth-order valence-corrected chi connectivity index (χ4v) is 5.49. The highest BCUT2D eigenvalue weighted by Gasteiger charge is 2.46. The van der Waals surface area contributed by atoms with E-state index in [4.69, 9.17) is 4.74 Å². The van der Waals surface area contributed by atoms with Gasteiger partial charge in [0.15, 0.2) is 0 Å². The van der Waals surface area contributed by atoms with E-state index in [1.54, 1.807) is 12.4 Å². The minimum atomic E-state index is -0.284. The first-order valence-corrected chi connectivity index (χ1v) is 11.6. The first-order valence-electron chi connectivity index (χ1n) is 11.6. The lowest BCUT2D eigenvalue weighted by Gasteiger charge is -2.50. The fourth-order valence-electron chi connectivity index (χ4n) is 5.49. The highest BCUT2D eigenvalue weighted by Crippen LogP contribution is 2.36. The van der Waals surface area contributed by atoms with Crippen molar-refractivity contribution in [3.05, 3.63) is 35.4 Å². The van der Waals surface area contributed by atoms with Gasteiger partial charge in [-0.05, 0) is 51.4 Å². The molecule has 0 radical (unpaired) electrons. The van der Waals surface area contributed by atoms with Crippen LogP contribution in [0.1, 0.15) is 68.6 Å². The van der Waals surface area contributed by atoms with Gasteiger partial charge < -0.3 is 10.1 Å². The van der Waals surface area contributed by atoms with E-state index in [1.165, 1.54) is 18.4 Å². The molecule has 1 saturated heterocycles. The molecule has 164 valence electrons. The normalized spacial score (nSPS) is 32.6. The zero-order valence-electron chi connectivity index (χ0n) is 18.7. The molecule has 6 heteroatoms. The number of allylic oxidation sites excluding steroid dienone is 2. The number of carbonyl (C=O) groups is 1. The SMILES string of the molecule is CC1=C[C@H](C)[C@H](CN2CCO[C@]3(CCCC[C@H]3NC(=O)c3cnc(C)cn3)C2)CC1. The molecule has 1 aliphatic heterocycles. The molecule has 1 aromatic rings. The van der Waals surface area contributed by atoms with E-state index in [9.17, 15) is 4.79 Å². The average Bonchev–Trinajstić information content (AvgIpc) is 2.73. The molecule has 2 aliphatic carbocycles. The van der Waals surface area contributed by atoms with Crippen molar-refractivity contribution < 1.29 is 9.53 Å². The number of ether oxygens (including phenoxy) is 1. The number of morpholine rings is 1. The van der Waals surface area contributed by atoms with Crippen molar-refractivity contribution in [1.82, 2.24) is 20.2 Å². The Morgan fingerprint density at radius 2 is 2.13 bits per heavy atom. The van der Waals surface area contributed by atoms with Crippen LogP contribution in [0, 0.1) is 18.8 Å². The van der Waals surface area contributed by atoms with Crippen molar-refractivity contribution in [3.8, 4) is 0 Å². The lowest BCUT2D eigenvalue weighted by atomic mass is 9.77. The molecular weight excluding hydrogens is 376 g/mol. The topological polar surface area (TPSA) is 67.3 Å². The monoisotopic (exact) mass is 412 g/mol. The number of amides is 1. The van der Waals surface area contributed by atoms with Crippen LogP contribution in [0.4, 0.5) is 0 Å². The van der Waals surface area contributed by atoms with Gasteiger partial charge in [-0.25, -0.2) is 4.98 Å². The summed E-state index contributed by atoms with van der Waals surface area (Å²) in [5.74, 6) is 1.21. The molecule has 6 nitrogen and oxygen atoms in total. The lowest BCUT2D eigenvalue weighted by Crippen LogP contribution is -2.64. The largest absolute Gasteiger partial charge is 0.370 e. The highest BCUT2D eigenvalue weighted by molar-refractivity contribution is 5.92. The molecule has 0 aromatic carbocycles. The number of aromatic nitrogens is 2. The van der Waals surface area contributed by atoms with E-state index in [0.29, 0.717) is 17.5 Å². The van der Waals surface area contributed by atoms with Gasteiger partial charge >= 0.3 is 0 Å². The Labute approximate surface area is 180 Å². The van der Waals surface area contributed by atoms with Crippen LogP contribution in [0.25, 0.3) is 0 Å². The number of carbonyl (C=O) groups excluding carboxylic acids is 1. The third-order valence-corrected chi connectivity index (χ3v) is 7.28. The van der Waals surface area contributed by atoms with Crippen LogP contribution in [0.2, 0.25) is 0 Å². The van der Waals surface area contributed by atoms with Gasteiger partial charge in [-0.15, -0.1) is 0 Å². The first kappa shape index (κ1) is 21.4. The molecule has 2 fully saturated rings. The van der Waals surface area contributed by atoms with E-state index >= 15 is 0 Å². The predicted molar refractivity (Wildman–Crippen MR) is 117 cm³/mol. The maximum absolute atomic E-state index is 12.8. The molecule has 1 spiro atoms. The molecule has 1 amide bonds. The summed E-state index contributed by atoms with van der Waals surface area (Å²) in [4.78, 5) is 23.9. The standard InChI is InChI=1S/C24H36N4O2/c1-17-7-8-20(18(2)12-17)15-28-10-11-30-24(16-28)9-5-4-6-22(24)27-23(29)21-14-25-19(3)13-26-21/h12-14,18,20,22H,4-11,15-16H2,1-3H3,(H,27,29)/t18-,20-,22+,24+/m0/s1. The van der Waals surface area contributed by atoms with Gasteiger partial charge in [-0.3, -0.25) is 14.7 Å². The van der Waals surface area contributed by atoms with Crippen LogP contribution in [-0.2, 0) is 4.74 Å². The Morgan fingerprint density at radius 3 is 2.90 bits per heavy atom. The molecule has 4 atom stereocenters. The van der Waals surface area contributed by atoms with Gasteiger partial charge in [-0.1, -0.05) is 31.4 Å². The zero-order valence-corrected chi connectivity index (χ0v) is 18.7. The Hall–Kier alpha value is -1.79. The number of aryl methyl sites for hydroxylation is 1. The summed E-state index contributed by atoms with van der Waals surface area (Å²) >= 11 is 0. The van der Waals surface area contributed by atoms with E-state index in [-0.39, 0.29) is 17.6 Å². The van der Waals surface area contributed by atoms with Crippen molar-refractivity contribution >= 4 is 5.91 Å². The maximum atomic E-state index is 12.8. The van der Waals surface area contributed by atoms with Crippen LogP contribution < -0.4 is 5.32 Å². The van der Waals surface area contributed by atoms with Gasteiger partial charge in [0.1, 0.15) is 11.3 Å². The van der Waals surface area contributed by atoms with E-state index < -0.39 is 0 Å². The average molecular weight is 413 g/mol. The fraction of sp³-hybridized carbons (Fsp3) is 0.708. The summed E-state index contributed by atoms with van der Waals surface area (Å²) in [5.41, 5.74) is 2.45. The Morgan fingerprint density at radius 1 is 1.27 bits per heavy atom. The molecule has 1 saturated carbocycles. The second kappa shape index (κ2) is 9.15. The Kier molecular flexibility index (Phi) is 6.54. The van der Waals surface area contributed by atoms with Crippen molar-refractivity contribution in [1.29, 1.82) is 0 Å². The molecule has 0 bridgehead atoms. The Balaban J connectivity index is 1.43. The number of nitrogens with zero attached hydrogens (tertiary/aromatic N) is 3. The van der Waals surface area contributed by atoms with Crippen LogP contribution in [0.3, 0.4) is 0 Å². The summed E-state index contributed by atoms with van der Waals surface area (Å²) in [6.45, 7) is 10.2. The molecule has 1 aromatic heterocycles. The van der Waals surface area contributed by atoms with Gasteiger partial charge in [-0.2, -0.15) is 0 Å². The summed E-state index contributed by atoms with van der Waals surface area (Å²) in [7, 11) is 0. The minimum Gasteiger partial charge on any atom is -0.370 e. The molecule has 0 unspecified atom stereocenters. The van der Waals surface area contributed by atoms with Crippen LogP contribution in [0.5, 0.6) is 0 Å². The second-order valence-electron chi connectivity index (χ2n) is 9.63. The van der Waals surface area contributed by atoms with E-state index in [0.717, 1.165) is 57.6 Å². The first-order chi connectivity index (χ1) is 14.4. The zero-order chi connectivity index (χ0) is 21.1. The van der Waals surface area contributed by atoms with Crippen molar-refractivity contribution in [2.75, 3.05) is 26.2 Å². The number of hydrogen-bond donors (Lipinski definition) is 1. The van der Waals surface area contributed by atoms with Gasteiger partial charge in [0.25, 0.3) is 5.91 Å². The molecule has 1 N–H and O–H groups in total. The second-order valence-corrected chi connectivity index (χ2v) is 9.63. The number of hydrogen-bond acceptors (Lipinski definition) is 5. The third-order valence-electron chi connectivity index (χ3n) is 7.28. The van der Waals surface area contributed by atoms with Crippen LogP contribution >= 0.6 is 0 Å². The smallest absolute Gasteiger partial charge is 0.271 e. The summed E-state index contributed by atoms with van der Waals surface area (Å²) < 4.78 is 6.43. The minimum absolute atomic E-state index is 0.0237. The summed E-state index contributed by atoms with van der Waals surface area (Å²) in [5, 5.41) is 3.25. The molecule has 4 rings (SSSR count). The molecule has 30 heavy (non-hydrogen) atoms. The molecular formula is C24H36N4O2. The van der Waals surface area contributed by atoms with Crippen LogP contribution in [0.15, 0.2) is 24.0 Å². The summed E-state index contributed by atoms with van der Waals surface area (Å²) in [6.07, 6.45) is 12.4. The summed E-state index contributed by atoms with van der Waals surface area (Å²) in [6, 6.07) is 0.0237. The Bertz CT molecular complexity index is 774. The number of rotatable bonds is 4. The highest BCUT2D eigenvalue weighted by atomic mass is 16.5. The predicted octanol–water partition coefficient (Wildman–Crippen LogP) is 3.52. The quantitative estimate of drug-likeness (QED) is 0.767. The van der Waals surface area contributed by atoms with Gasteiger partial charge in [0.05, 0.1) is 24.5 Å². The van der Waals surface area contributed by atoms with E-state index in [2.05, 4.69) is 40.1 Å². The van der Waals surface area contributed by atoms with Gasteiger partial charge in [0, 0.05) is 25.8 Å². The van der Waals surface area contributed by atoms with Crippen LogP contribution in [-0.4, -0.2) is 58.7 Å². The number of nitrogens with one attached hydrogen (secondary N) is 1. The van der Waals surface area contributed by atoms with Crippen molar-refractivity contribution in [2.24, 2.45) is 11.8 Å². The third kappa shape index (κ3) is 4.75. The molecule has 2 heterocycles. The lowest BCUT2D eigenvalue weighted by molar-refractivity contribution is -0.144. The maximum Gasteiger partial charge on any atom is 0.271 e. The molecule has 3 aliphatic rings.